The summed E-state index contributed by atoms with van der Waals surface area (Å²) in [5, 5.41) is 6.12. The fourth-order valence-corrected chi connectivity index (χ4v) is 9.32. The van der Waals surface area contributed by atoms with Crippen LogP contribution in [0.15, 0.2) is 41.3 Å². The number of imide groups is 1. The van der Waals surface area contributed by atoms with E-state index in [9.17, 15) is 33.2 Å². The largest absolute Gasteiger partial charge is 0.496 e. The first kappa shape index (κ1) is 45.7. The Balaban J connectivity index is 0.882. The second-order valence-electron chi connectivity index (χ2n) is 16.9. The van der Waals surface area contributed by atoms with E-state index < -0.39 is 41.9 Å². The van der Waals surface area contributed by atoms with E-state index in [-0.39, 0.29) is 66.0 Å². The number of fused-ring (bicyclic) bond motifs is 2. The van der Waals surface area contributed by atoms with Gasteiger partial charge < -0.3 is 30.2 Å². The molecule has 2 aromatic heterocycles. The number of primary amides is 1. The number of hydrogen-bond acceptors (Lipinski definition) is 10. The number of halogens is 1. The number of nitrogens with zero attached hydrogens (tertiary/aromatic N) is 4. The van der Waals surface area contributed by atoms with Gasteiger partial charge in [0.05, 0.1) is 35.3 Å². The first-order valence-corrected chi connectivity index (χ1v) is 22.1. The number of para-hydroxylation sites is 1. The van der Waals surface area contributed by atoms with Crippen LogP contribution in [0.1, 0.15) is 92.2 Å². The summed E-state index contributed by atoms with van der Waals surface area (Å²) in [6, 6.07) is 7.64. The highest BCUT2D eigenvalue weighted by Gasteiger charge is 2.42. The third-order valence-electron chi connectivity index (χ3n) is 12.9. The predicted molar refractivity (Wildman–Crippen MR) is 235 cm³/mol. The Kier molecular flexibility index (Phi) is 14.3. The summed E-state index contributed by atoms with van der Waals surface area (Å²) in [5.41, 5.74) is 8.53. The maximum absolute atomic E-state index is 14.4. The number of amides is 5. The standard InChI is InChI=1S/C47H56FN7O9/c1-5-31-35(51-44(59)40(31)48)26-64-45-33-24-38(62-4)34(42(49)57)23-32(33)30(25-50-45)17-14-27-12-15-29(16-13-27)46(60)53(2)20-8-22-63-21-7-10-28-9-6-11-36-41(28)54(3)47(61)55(36)37-18-19-39(56)52-43(37)58/h6,9,11,23-25,27,29,31,35,37,40H,5,7-8,10,12-13,15-16,18-22,26H2,1-4H3,(H2,49,57)(H,51,59)(H,52,56,58)/t27-,29-,31-,35+,37?,40-/m0/s1. The summed E-state index contributed by atoms with van der Waals surface area (Å²) in [7, 11) is 4.94. The minimum atomic E-state index is -1.60. The molecule has 64 heavy (non-hydrogen) atoms. The maximum Gasteiger partial charge on any atom is 0.329 e. The van der Waals surface area contributed by atoms with Crippen molar-refractivity contribution in [3.05, 3.63) is 63.7 Å². The number of benzene rings is 2. The number of aromatic nitrogens is 3. The van der Waals surface area contributed by atoms with E-state index in [1.165, 1.54) is 11.7 Å². The third kappa shape index (κ3) is 9.62. The van der Waals surface area contributed by atoms with E-state index in [4.69, 9.17) is 19.9 Å². The van der Waals surface area contributed by atoms with Crippen LogP contribution in [0.25, 0.3) is 21.8 Å². The van der Waals surface area contributed by atoms with Gasteiger partial charge in [0, 0.05) is 75.0 Å². The molecule has 0 spiro atoms. The summed E-state index contributed by atoms with van der Waals surface area (Å²) >= 11 is 0. The van der Waals surface area contributed by atoms with Gasteiger partial charge in [0.15, 0.2) is 6.17 Å². The van der Waals surface area contributed by atoms with Crippen LogP contribution in [0.2, 0.25) is 0 Å². The zero-order chi connectivity index (χ0) is 45.7. The molecule has 1 unspecified atom stereocenters. The monoisotopic (exact) mass is 881 g/mol. The Hall–Kier alpha value is -6.28. The van der Waals surface area contributed by atoms with Crippen molar-refractivity contribution in [3.63, 3.8) is 0 Å². The fourth-order valence-electron chi connectivity index (χ4n) is 9.32. The predicted octanol–water partition coefficient (Wildman–Crippen LogP) is 3.87. The van der Waals surface area contributed by atoms with E-state index in [0.717, 1.165) is 30.3 Å². The Morgan fingerprint density at radius 1 is 1.03 bits per heavy atom. The Morgan fingerprint density at radius 3 is 2.52 bits per heavy atom. The molecular weight excluding hydrogens is 826 g/mol. The molecule has 4 aromatic rings. The number of methoxy groups -OCH3 is 1. The van der Waals surface area contributed by atoms with Gasteiger partial charge in [-0.15, -0.1) is 0 Å². The topological polar surface area (TPSA) is 206 Å². The van der Waals surface area contributed by atoms with Gasteiger partial charge in [0.25, 0.3) is 11.8 Å². The summed E-state index contributed by atoms with van der Waals surface area (Å²) in [6.45, 7) is 3.39. The van der Waals surface area contributed by atoms with Gasteiger partial charge in [-0.2, -0.15) is 0 Å². The Labute approximate surface area is 370 Å². The van der Waals surface area contributed by atoms with Crippen LogP contribution in [0.3, 0.4) is 0 Å². The number of carbonyl (C=O) groups excluding carboxylic acids is 5. The molecule has 1 saturated carbocycles. The number of imidazole rings is 1. The van der Waals surface area contributed by atoms with Crippen molar-refractivity contribution in [2.24, 2.45) is 30.5 Å². The Bertz CT molecular complexity index is 2570. The average Bonchev–Trinajstić information content (AvgIpc) is 3.72. The summed E-state index contributed by atoms with van der Waals surface area (Å²) in [5.74, 6) is 4.49. The van der Waals surface area contributed by atoms with E-state index >= 15 is 0 Å². The summed E-state index contributed by atoms with van der Waals surface area (Å²) in [4.78, 5) is 81.6. The number of nitrogens with two attached hydrogens (primary N) is 1. The zero-order valence-electron chi connectivity index (χ0n) is 36.7. The molecule has 3 aliphatic rings. The number of ether oxygens (including phenoxy) is 3. The van der Waals surface area contributed by atoms with E-state index in [0.29, 0.717) is 73.7 Å². The lowest BCUT2D eigenvalue weighted by molar-refractivity contribution is -0.136. The lowest BCUT2D eigenvalue weighted by Crippen LogP contribution is -2.44. The van der Waals surface area contributed by atoms with Crippen molar-refractivity contribution in [2.45, 2.75) is 89.4 Å². The molecule has 17 heteroatoms. The van der Waals surface area contributed by atoms with Crippen LogP contribution in [0.5, 0.6) is 11.6 Å². The van der Waals surface area contributed by atoms with E-state index in [1.54, 1.807) is 34.8 Å². The van der Waals surface area contributed by atoms with Gasteiger partial charge in [-0.05, 0) is 81.5 Å². The van der Waals surface area contributed by atoms with Crippen LogP contribution < -0.4 is 31.5 Å². The number of rotatable bonds is 16. The highest BCUT2D eigenvalue weighted by atomic mass is 19.1. The van der Waals surface area contributed by atoms with Crippen LogP contribution in [-0.4, -0.2) is 101 Å². The molecule has 16 nitrogen and oxygen atoms in total. The number of pyridine rings is 1. The number of aryl methyl sites for hydroxylation is 2. The number of hydrogen-bond donors (Lipinski definition) is 3. The van der Waals surface area contributed by atoms with Gasteiger partial charge in [-0.3, -0.25) is 38.4 Å². The molecular formula is C47H56FN7O9. The first-order chi connectivity index (χ1) is 30.8. The van der Waals surface area contributed by atoms with Crippen LogP contribution in [-0.2, 0) is 37.4 Å². The maximum atomic E-state index is 14.4. The molecule has 0 radical (unpaired) electrons. The molecule has 340 valence electrons. The van der Waals surface area contributed by atoms with Crippen LogP contribution in [0.4, 0.5) is 4.39 Å². The second-order valence-corrected chi connectivity index (χ2v) is 16.9. The Morgan fingerprint density at radius 2 is 1.80 bits per heavy atom. The fraction of sp³-hybridized carbons (Fsp3) is 0.511. The van der Waals surface area contributed by atoms with Crippen molar-refractivity contribution < 1.29 is 42.6 Å². The summed E-state index contributed by atoms with van der Waals surface area (Å²) in [6.07, 6.45) is 5.87. The highest BCUT2D eigenvalue weighted by Crippen LogP contribution is 2.35. The molecule has 4 heterocycles. The number of nitrogens with one attached hydrogen (secondary N) is 2. The minimum Gasteiger partial charge on any atom is -0.496 e. The smallest absolute Gasteiger partial charge is 0.329 e. The molecule has 4 atom stereocenters. The average molecular weight is 882 g/mol. The quantitative estimate of drug-likeness (QED) is 0.0842. The molecule has 2 aromatic carbocycles. The molecule has 5 amide bonds. The van der Waals surface area contributed by atoms with Crippen molar-refractivity contribution in [1.29, 1.82) is 0 Å². The van der Waals surface area contributed by atoms with Crippen LogP contribution >= 0.6 is 0 Å². The number of carbonyl (C=O) groups is 5. The molecule has 0 bridgehead atoms. The SMILES string of the molecule is CC[C@@H]1[C@H](F)C(=O)N[C@@H]1COc1ncc(C#C[C@H]2CC[C@H](C(=O)N(C)CCCOCCCc3cccc4c3n(C)c(=O)n4C3CCC(=O)NC3=O)CC2)c2cc(C(N)=O)c(OC)cc12. The van der Waals surface area contributed by atoms with E-state index in [2.05, 4.69) is 27.5 Å². The van der Waals surface area contributed by atoms with Gasteiger partial charge in [0.1, 0.15) is 18.4 Å². The first-order valence-electron chi connectivity index (χ1n) is 22.1. The summed E-state index contributed by atoms with van der Waals surface area (Å²) < 4.78 is 34.9. The molecule has 7 rings (SSSR count). The second kappa shape index (κ2) is 20.0. The van der Waals surface area contributed by atoms with E-state index in [1.807, 2.05) is 32.2 Å². The lowest BCUT2D eigenvalue weighted by Gasteiger charge is -2.28. The molecule has 4 N–H and O–H groups in total. The number of piperidine rings is 1. The molecule has 2 aliphatic heterocycles. The van der Waals surface area contributed by atoms with Crippen molar-refractivity contribution in [3.8, 4) is 23.5 Å². The van der Waals surface area contributed by atoms with Crippen molar-refractivity contribution in [2.75, 3.05) is 40.5 Å². The molecule has 3 fully saturated rings. The lowest BCUT2D eigenvalue weighted by atomic mass is 9.81. The van der Waals surface area contributed by atoms with Gasteiger partial charge in [0.2, 0.25) is 23.6 Å². The zero-order valence-corrected chi connectivity index (χ0v) is 36.7. The molecule has 2 saturated heterocycles. The van der Waals surface area contributed by atoms with Gasteiger partial charge in [-0.1, -0.05) is 30.9 Å². The van der Waals surface area contributed by atoms with Gasteiger partial charge in [-0.25, -0.2) is 14.2 Å². The van der Waals surface area contributed by atoms with Gasteiger partial charge >= 0.3 is 5.69 Å². The normalized spacial score (nSPS) is 22.2. The highest BCUT2D eigenvalue weighted by molar-refractivity contribution is 6.03. The third-order valence-corrected chi connectivity index (χ3v) is 12.9. The van der Waals surface area contributed by atoms with Crippen molar-refractivity contribution in [1.82, 2.24) is 29.7 Å². The van der Waals surface area contributed by atoms with Crippen molar-refractivity contribution >= 4 is 51.3 Å². The minimum absolute atomic E-state index is 0.00135. The van der Waals surface area contributed by atoms with Crippen LogP contribution in [0, 0.1) is 29.6 Å². The number of alkyl halides is 1. The molecule has 1 aliphatic carbocycles.